The lowest BCUT2D eigenvalue weighted by molar-refractivity contribution is 0.551. The number of hydrogen-bond acceptors (Lipinski definition) is 1. The first kappa shape index (κ1) is 15.7. The number of nitrogens with one attached hydrogen (secondary N) is 1. The number of halogens is 4. The van der Waals surface area contributed by atoms with Crippen LogP contribution in [0, 0.1) is 15.2 Å². The fraction of sp³-hybridized carbons (Fsp3) is 0.200. The molecule has 0 saturated carbocycles. The van der Waals surface area contributed by atoms with Crippen LogP contribution in [0.2, 0.25) is 5.02 Å². The van der Waals surface area contributed by atoms with Gasteiger partial charge in [0, 0.05) is 9.61 Å². The summed E-state index contributed by atoms with van der Waals surface area (Å²) in [6.45, 7) is 0. The second-order valence-electron chi connectivity index (χ2n) is 4.42. The summed E-state index contributed by atoms with van der Waals surface area (Å²) in [5.41, 5.74) is 1.48. The number of likely N-dealkylation sites (N-methyl/N-ethyl adjacent to an activating group) is 1. The Labute approximate surface area is 135 Å². The molecule has 2 aromatic carbocycles. The van der Waals surface area contributed by atoms with Gasteiger partial charge in [-0.05, 0) is 65.4 Å². The van der Waals surface area contributed by atoms with E-state index in [4.69, 9.17) is 11.6 Å². The van der Waals surface area contributed by atoms with Gasteiger partial charge in [-0.1, -0.05) is 29.8 Å². The molecule has 2 aromatic rings. The maximum Gasteiger partial charge on any atom is 0.145 e. The molecule has 1 nitrogen and oxygen atoms in total. The van der Waals surface area contributed by atoms with Crippen LogP contribution in [0.4, 0.5) is 8.78 Å². The van der Waals surface area contributed by atoms with Gasteiger partial charge >= 0.3 is 0 Å². The zero-order valence-electron chi connectivity index (χ0n) is 10.8. The maximum atomic E-state index is 14.0. The van der Waals surface area contributed by atoms with Gasteiger partial charge in [0.15, 0.2) is 0 Å². The third kappa shape index (κ3) is 3.48. The summed E-state index contributed by atoms with van der Waals surface area (Å²) >= 11 is 7.87. The Kier molecular flexibility index (Phi) is 5.35. The van der Waals surface area contributed by atoms with Gasteiger partial charge in [-0.15, -0.1) is 0 Å². The molecule has 2 rings (SSSR count). The van der Waals surface area contributed by atoms with Crippen LogP contribution in [-0.2, 0) is 6.42 Å². The van der Waals surface area contributed by atoms with Gasteiger partial charge in [-0.3, -0.25) is 0 Å². The van der Waals surface area contributed by atoms with Crippen LogP contribution in [-0.4, -0.2) is 7.05 Å². The third-order valence-corrected chi connectivity index (χ3v) is 4.37. The Bertz CT molecular complexity index is 619. The summed E-state index contributed by atoms with van der Waals surface area (Å²) in [4.78, 5) is 0. The smallest absolute Gasteiger partial charge is 0.145 e. The molecule has 0 aliphatic rings. The molecule has 0 aromatic heterocycles. The molecule has 1 atom stereocenters. The highest BCUT2D eigenvalue weighted by atomic mass is 127. The molecule has 0 bridgehead atoms. The molecule has 0 spiro atoms. The summed E-state index contributed by atoms with van der Waals surface area (Å²) < 4.78 is 27.9. The Balaban J connectivity index is 2.31. The highest BCUT2D eigenvalue weighted by Crippen LogP contribution is 2.27. The molecule has 0 aliphatic carbocycles. The normalized spacial score (nSPS) is 12.4. The molecule has 0 radical (unpaired) electrons. The molecular weight excluding hydrogens is 395 g/mol. The van der Waals surface area contributed by atoms with Crippen molar-refractivity contribution in [3.63, 3.8) is 0 Å². The van der Waals surface area contributed by atoms with E-state index in [9.17, 15) is 8.78 Å². The molecular formula is C15H13ClF2IN. The summed E-state index contributed by atoms with van der Waals surface area (Å²) in [7, 11) is 1.80. The van der Waals surface area contributed by atoms with Crippen molar-refractivity contribution in [2.24, 2.45) is 0 Å². The Hall–Kier alpha value is -0.720. The minimum atomic E-state index is -0.397. The SMILES string of the molecule is CNC(Cc1cccc(Cl)c1F)c1ccc(F)cc1I. The molecule has 0 aliphatic heterocycles. The number of hydrogen-bond donors (Lipinski definition) is 1. The molecule has 0 saturated heterocycles. The molecule has 1 N–H and O–H groups in total. The Morgan fingerprint density at radius 1 is 1.25 bits per heavy atom. The number of benzene rings is 2. The largest absolute Gasteiger partial charge is 0.313 e. The summed E-state index contributed by atoms with van der Waals surface area (Å²) in [6, 6.07) is 9.46. The zero-order chi connectivity index (χ0) is 14.7. The van der Waals surface area contributed by atoms with Crippen LogP contribution >= 0.6 is 34.2 Å². The summed E-state index contributed by atoms with van der Waals surface area (Å²) in [5.74, 6) is -0.673. The standard InChI is InChI=1S/C15H13ClF2IN/c1-20-14(11-6-5-10(17)8-13(11)19)7-9-3-2-4-12(16)15(9)18/h2-6,8,14,20H,7H2,1H3. The maximum absolute atomic E-state index is 14.0. The summed E-state index contributed by atoms with van der Waals surface area (Å²) in [5, 5.41) is 3.25. The van der Waals surface area contributed by atoms with Crippen LogP contribution in [0.15, 0.2) is 36.4 Å². The first-order chi connectivity index (χ1) is 9.52. The third-order valence-electron chi connectivity index (χ3n) is 3.14. The van der Waals surface area contributed by atoms with E-state index >= 15 is 0 Å². The van der Waals surface area contributed by atoms with Crippen molar-refractivity contribution < 1.29 is 8.78 Å². The van der Waals surface area contributed by atoms with E-state index in [1.807, 2.05) is 0 Å². The van der Waals surface area contributed by atoms with E-state index in [1.54, 1.807) is 25.2 Å². The number of rotatable bonds is 4. The Morgan fingerprint density at radius 2 is 2.00 bits per heavy atom. The van der Waals surface area contributed by atoms with Gasteiger partial charge in [0.25, 0.3) is 0 Å². The minimum Gasteiger partial charge on any atom is -0.313 e. The lowest BCUT2D eigenvalue weighted by Crippen LogP contribution is -2.20. The second kappa shape index (κ2) is 6.83. The van der Waals surface area contributed by atoms with Crippen LogP contribution in [0.1, 0.15) is 17.2 Å². The Morgan fingerprint density at radius 3 is 2.65 bits per heavy atom. The molecule has 0 amide bonds. The van der Waals surface area contributed by atoms with Crippen molar-refractivity contribution in [1.29, 1.82) is 0 Å². The highest BCUT2D eigenvalue weighted by Gasteiger charge is 2.16. The van der Waals surface area contributed by atoms with Gasteiger partial charge in [0.05, 0.1) is 5.02 Å². The fourth-order valence-electron chi connectivity index (χ4n) is 2.08. The zero-order valence-corrected chi connectivity index (χ0v) is 13.7. The summed E-state index contributed by atoms with van der Waals surface area (Å²) in [6.07, 6.45) is 0.449. The van der Waals surface area contributed by atoms with Crippen LogP contribution in [0.3, 0.4) is 0 Å². The minimum absolute atomic E-state index is 0.101. The highest BCUT2D eigenvalue weighted by molar-refractivity contribution is 14.1. The van der Waals surface area contributed by atoms with Crippen molar-refractivity contribution in [3.8, 4) is 0 Å². The van der Waals surface area contributed by atoms with E-state index in [0.717, 1.165) is 9.13 Å². The molecule has 20 heavy (non-hydrogen) atoms. The van der Waals surface area contributed by atoms with E-state index in [-0.39, 0.29) is 16.9 Å². The van der Waals surface area contributed by atoms with E-state index < -0.39 is 5.82 Å². The van der Waals surface area contributed by atoms with E-state index in [1.165, 1.54) is 18.2 Å². The molecule has 0 fully saturated rings. The van der Waals surface area contributed by atoms with Crippen molar-refractivity contribution in [2.75, 3.05) is 7.05 Å². The van der Waals surface area contributed by atoms with Gasteiger partial charge in [-0.25, -0.2) is 8.78 Å². The van der Waals surface area contributed by atoms with Gasteiger partial charge in [0.2, 0.25) is 0 Å². The van der Waals surface area contributed by atoms with Crippen molar-refractivity contribution in [2.45, 2.75) is 12.5 Å². The monoisotopic (exact) mass is 407 g/mol. The van der Waals surface area contributed by atoms with Crippen molar-refractivity contribution in [3.05, 3.63) is 67.8 Å². The first-order valence-electron chi connectivity index (χ1n) is 6.08. The average molecular weight is 408 g/mol. The lowest BCUT2D eigenvalue weighted by atomic mass is 9.98. The van der Waals surface area contributed by atoms with Crippen molar-refractivity contribution >= 4 is 34.2 Å². The molecule has 5 heteroatoms. The van der Waals surface area contributed by atoms with Crippen LogP contribution in [0.5, 0.6) is 0 Å². The predicted molar refractivity (Wildman–Crippen MR) is 86.0 cm³/mol. The molecule has 0 heterocycles. The topological polar surface area (TPSA) is 12.0 Å². The quantitative estimate of drug-likeness (QED) is 0.723. The van der Waals surface area contributed by atoms with Crippen molar-refractivity contribution in [1.82, 2.24) is 5.32 Å². The first-order valence-corrected chi connectivity index (χ1v) is 7.53. The van der Waals surface area contributed by atoms with Gasteiger partial charge in [0.1, 0.15) is 11.6 Å². The van der Waals surface area contributed by atoms with Gasteiger partial charge < -0.3 is 5.32 Å². The predicted octanol–water partition coefficient (Wildman–Crippen LogP) is 4.73. The van der Waals surface area contributed by atoms with Crippen LogP contribution < -0.4 is 5.32 Å². The average Bonchev–Trinajstić information content (AvgIpc) is 2.41. The van der Waals surface area contributed by atoms with Gasteiger partial charge in [-0.2, -0.15) is 0 Å². The van der Waals surface area contributed by atoms with Crippen LogP contribution in [0.25, 0.3) is 0 Å². The lowest BCUT2D eigenvalue weighted by Gasteiger charge is -2.19. The van der Waals surface area contributed by atoms with E-state index in [2.05, 4.69) is 27.9 Å². The second-order valence-corrected chi connectivity index (χ2v) is 5.99. The molecule has 106 valence electrons. The van der Waals surface area contributed by atoms with E-state index in [0.29, 0.717) is 12.0 Å². The molecule has 1 unspecified atom stereocenters. The fourth-order valence-corrected chi connectivity index (χ4v) is 3.12.